The van der Waals surface area contributed by atoms with E-state index in [0.717, 1.165) is 13.0 Å². The van der Waals surface area contributed by atoms with Gasteiger partial charge in [-0.15, -0.1) is 0 Å². The molecule has 0 spiro atoms. The number of rotatable bonds is 11. The molecule has 2 N–H and O–H groups in total. The lowest BCUT2D eigenvalue weighted by atomic mass is 9.82. The van der Waals surface area contributed by atoms with Crippen molar-refractivity contribution in [1.82, 2.24) is 0 Å². The summed E-state index contributed by atoms with van der Waals surface area (Å²) < 4.78 is 0. The molecule has 0 aliphatic heterocycles. The van der Waals surface area contributed by atoms with E-state index in [9.17, 15) is 0 Å². The van der Waals surface area contributed by atoms with Crippen molar-refractivity contribution in [3.63, 3.8) is 0 Å². The molecule has 0 amide bonds. The fourth-order valence-electron chi connectivity index (χ4n) is 2.68. The molecule has 0 aromatic rings. The first kappa shape index (κ1) is 20.2. The molecule has 0 radical (unpaired) electrons. The second kappa shape index (κ2) is 12.9. The van der Waals surface area contributed by atoms with Gasteiger partial charge in [-0.05, 0) is 64.3 Å². The maximum absolute atomic E-state index is 5.82. The molecule has 0 saturated carbocycles. The van der Waals surface area contributed by atoms with Crippen LogP contribution in [-0.4, -0.2) is 6.54 Å². The summed E-state index contributed by atoms with van der Waals surface area (Å²) in [6, 6.07) is 0. The second-order valence-corrected chi connectivity index (χ2v) is 6.27. The highest BCUT2D eigenvalue weighted by atomic mass is 14.5. The van der Waals surface area contributed by atoms with Gasteiger partial charge in [0.15, 0.2) is 0 Å². The third-order valence-electron chi connectivity index (χ3n) is 4.37. The Morgan fingerprint density at radius 2 is 1.81 bits per heavy atom. The van der Waals surface area contributed by atoms with Gasteiger partial charge in [0, 0.05) is 0 Å². The van der Waals surface area contributed by atoms with Crippen molar-refractivity contribution in [2.75, 3.05) is 6.54 Å². The fraction of sp³-hybridized carbons (Fsp3) is 0.700. The first-order chi connectivity index (χ1) is 10.1. The Bertz CT molecular complexity index is 336. The molecule has 0 aliphatic rings. The van der Waals surface area contributed by atoms with Crippen LogP contribution in [0.4, 0.5) is 0 Å². The van der Waals surface area contributed by atoms with Crippen molar-refractivity contribution in [1.29, 1.82) is 0 Å². The van der Waals surface area contributed by atoms with Gasteiger partial charge in [0.05, 0.1) is 0 Å². The molecular weight excluding hydrogens is 254 g/mol. The van der Waals surface area contributed by atoms with Crippen LogP contribution in [0.1, 0.15) is 73.1 Å². The molecule has 1 nitrogen and oxygen atoms in total. The summed E-state index contributed by atoms with van der Waals surface area (Å²) in [6.45, 7) is 12.1. The molecule has 0 rings (SSSR count). The van der Waals surface area contributed by atoms with E-state index in [2.05, 4.69) is 58.9 Å². The van der Waals surface area contributed by atoms with Gasteiger partial charge in [-0.25, -0.2) is 0 Å². The summed E-state index contributed by atoms with van der Waals surface area (Å²) in [6.07, 6.45) is 16.3. The SMILES string of the molecule is CCC/C=C\C=C(/C)[C@H](CCN)C(C)CC/C=C(/C)CC. The Labute approximate surface area is 133 Å². The predicted molar refractivity (Wildman–Crippen MR) is 97.4 cm³/mol. The maximum atomic E-state index is 5.82. The van der Waals surface area contributed by atoms with Gasteiger partial charge in [0.1, 0.15) is 0 Å². The Balaban J connectivity index is 4.56. The van der Waals surface area contributed by atoms with Crippen molar-refractivity contribution in [3.05, 3.63) is 35.5 Å². The van der Waals surface area contributed by atoms with Crippen LogP contribution in [0.15, 0.2) is 35.5 Å². The van der Waals surface area contributed by atoms with Crippen molar-refractivity contribution in [2.24, 2.45) is 17.6 Å². The van der Waals surface area contributed by atoms with Crippen LogP contribution < -0.4 is 5.73 Å². The number of allylic oxidation sites excluding steroid dienone is 6. The molecule has 0 aliphatic carbocycles. The molecule has 122 valence electrons. The lowest BCUT2D eigenvalue weighted by Crippen LogP contribution is -2.17. The van der Waals surface area contributed by atoms with E-state index in [1.54, 1.807) is 0 Å². The molecule has 1 unspecified atom stereocenters. The summed E-state index contributed by atoms with van der Waals surface area (Å²) in [5.74, 6) is 1.32. The lowest BCUT2D eigenvalue weighted by Gasteiger charge is -2.24. The molecule has 0 saturated heterocycles. The highest BCUT2D eigenvalue weighted by Crippen LogP contribution is 2.27. The molecule has 1 heteroatoms. The zero-order valence-electron chi connectivity index (χ0n) is 15.0. The molecule has 0 bridgehead atoms. The lowest BCUT2D eigenvalue weighted by molar-refractivity contribution is 0.369. The Hall–Kier alpha value is -0.820. The van der Waals surface area contributed by atoms with Gasteiger partial charge in [-0.1, -0.05) is 62.6 Å². The van der Waals surface area contributed by atoms with Crippen molar-refractivity contribution in [3.8, 4) is 0 Å². The van der Waals surface area contributed by atoms with E-state index in [-0.39, 0.29) is 0 Å². The first-order valence-electron chi connectivity index (χ1n) is 8.75. The second-order valence-electron chi connectivity index (χ2n) is 6.27. The number of hydrogen-bond donors (Lipinski definition) is 1. The van der Waals surface area contributed by atoms with E-state index >= 15 is 0 Å². The number of nitrogens with two attached hydrogens (primary N) is 1. The zero-order chi connectivity index (χ0) is 16.1. The largest absolute Gasteiger partial charge is 0.330 e. The standard InChI is InChI=1S/C20H37N/c1-6-8-9-10-13-18(4)20(15-16-21)19(5)14-11-12-17(3)7-2/h9-10,12-13,19-20H,6-8,11,14-16,21H2,1-5H3/b10-9-,17-12-,18-13+/t19?,20-/m0/s1. The van der Waals surface area contributed by atoms with Gasteiger partial charge in [0.25, 0.3) is 0 Å². The van der Waals surface area contributed by atoms with Crippen molar-refractivity contribution >= 4 is 0 Å². The highest BCUT2D eigenvalue weighted by molar-refractivity contribution is 5.14. The smallest absolute Gasteiger partial charge is 0.00715 e. The number of hydrogen-bond acceptors (Lipinski definition) is 1. The average Bonchev–Trinajstić information content (AvgIpc) is 2.48. The molecule has 0 aromatic heterocycles. The molecular formula is C20H37N. The first-order valence-corrected chi connectivity index (χ1v) is 8.75. The van der Waals surface area contributed by atoms with E-state index in [1.165, 1.54) is 43.3 Å². The van der Waals surface area contributed by atoms with Gasteiger partial charge in [-0.2, -0.15) is 0 Å². The quantitative estimate of drug-likeness (QED) is 0.365. The maximum Gasteiger partial charge on any atom is -0.00715 e. The normalized spacial score (nSPS) is 16.5. The minimum atomic E-state index is 0.622. The highest BCUT2D eigenvalue weighted by Gasteiger charge is 2.17. The fourth-order valence-corrected chi connectivity index (χ4v) is 2.68. The zero-order valence-corrected chi connectivity index (χ0v) is 15.0. The molecule has 0 fully saturated rings. The van der Waals surface area contributed by atoms with Crippen LogP contribution in [0.2, 0.25) is 0 Å². The minimum absolute atomic E-state index is 0.622. The minimum Gasteiger partial charge on any atom is -0.330 e. The topological polar surface area (TPSA) is 26.0 Å². The average molecular weight is 292 g/mol. The van der Waals surface area contributed by atoms with Gasteiger partial charge >= 0.3 is 0 Å². The van der Waals surface area contributed by atoms with Crippen molar-refractivity contribution < 1.29 is 0 Å². The molecule has 0 aromatic carbocycles. The van der Waals surface area contributed by atoms with Gasteiger partial charge in [-0.3, -0.25) is 0 Å². The summed E-state index contributed by atoms with van der Waals surface area (Å²) in [7, 11) is 0. The Morgan fingerprint density at radius 3 is 2.38 bits per heavy atom. The summed E-state index contributed by atoms with van der Waals surface area (Å²) >= 11 is 0. The third kappa shape index (κ3) is 9.68. The van der Waals surface area contributed by atoms with Gasteiger partial charge < -0.3 is 5.73 Å². The summed E-state index contributed by atoms with van der Waals surface area (Å²) in [4.78, 5) is 0. The van der Waals surface area contributed by atoms with Crippen LogP contribution >= 0.6 is 0 Å². The van der Waals surface area contributed by atoms with Crippen LogP contribution in [-0.2, 0) is 0 Å². The van der Waals surface area contributed by atoms with Crippen LogP contribution in [0.25, 0.3) is 0 Å². The Kier molecular flexibility index (Phi) is 12.4. The van der Waals surface area contributed by atoms with E-state index in [0.29, 0.717) is 11.8 Å². The van der Waals surface area contributed by atoms with E-state index < -0.39 is 0 Å². The Morgan fingerprint density at radius 1 is 1.10 bits per heavy atom. The van der Waals surface area contributed by atoms with Gasteiger partial charge in [0.2, 0.25) is 0 Å². The molecule has 21 heavy (non-hydrogen) atoms. The third-order valence-corrected chi connectivity index (χ3v) is 4.37. The molecule has 2 atom stereocenters. The van der Waals surface area contributed by atoms with E-state index in [4.69, 9.17) is 5.73 Å². The van der Waals surface area contributed by atoms with E-state index in [1.807, 2.05) is 0 Å². The molecule has 0 heterocycles. The predicted octanol–water partition coefficient (Wildman–Crippen LogP) is 6.03. The summed E-state index contributed by atoms with van der Waals surface area (Å²) in [5, 5.41) is 0. The summed E-state index contributed by atoms with van der Waals surface area (Å²) in [5.41, 5.74) is 8.81. The monoisotopic (exact) mass is 291 g/mol. The van der Waals surface area contributed by atoms with Crippen LogP contribution in [0.5, 0.6) is 0 Å². The van der Waals surface area contributed by atoms with Crippen molar-refractivity contribution in [2.45, 2.75) is 73.1 Å². The van der Waals surface area contributed by atoms with Crippen LogP contribution in [0.3, 0.4) is 0 Å². The number of unbranched alkanes of at least 4 members (excludes halogenated alkanes) is 1. The van der Waals surface area contributed by atoms with Crippen LogP contribution in [0, 0.1) is 11.8 Å².